The van der Waals surface area contributed by atoms with Gasteiger partial charge in [-0.05, 0) is 41.0 Å². The molecule has 0 N–H and O–H groups in total. The molecule has 2 aliphatic heterocycles. The molecule has 1 amide bonds. The lowest BCUT2D eigenvalue weighted by Crippen LogP contribution is -2.60. The normalized spacial score (nSPS) is 21.3. The van der Waals surface area contributed by atoms with Gasteiger partial charge in [0.1, 0.15) is 5.66 Å². The summed E-state index contributed by atoms with van der Waals surface area (Å²) in [6.07, 6.45) is 4.17. The second-order valence-corrected chi connectivity index (χ2v) is 9.76. The number of hydrogen-bond donors (Lipinski definition) is 0. The quantitative estimate of drug-likeness (QED) is 0.439. The number of halogens is 2. The van der Waals surface area contributed by atoms with Crippen molar-refractivity contribution in [2.75, 3.05) is 11.4 Å². The fourth-order valence-electron chi connectivity index (χ4n) is 5.26. The van der Waals surface area contributed by atoms with Crippen LogP contribution in [0.4, 0.5) is 5.69 Å². The summed E-state index contributed by atoms with van der Waals surface area (Å²) in [6, 6.07) is 24.0. The van der Waals surface area contributed by atoms with Crippen molar-refractivity contribution in [3.63, 3.8) is 0 Å². The molecule has 1 unspecified atom stereocenters. The van der Waals surface area contributed by atoms with Crippen LogP contribution in [0.3, 0.4) is 0 Å². The minimum atomic E-state index is -0.660. The lowest BCUT2D eigenvalue weighted by Gasteiger charge is -2.46. The van der Waals surface area contributed by atoms with Gasteiger partial charge in [-0.2, -0.15) is 0 Å². The molecule has 3 aromatic rings. The smallest absolute Gasteiger partial charge is 0.244 e. The highest BCUT2D eigenvalue weighted by atomic mass is 35.5. The Kier molecular flexibility index (Phi) is 5.07. The Bertz CT molecular complexity index is 1220. The number of para-hydroxylation sites is 1. The van der Waals surface area contributed by atoms with E-state index in [9.17, 15) is 4.79 Å². The predicted octanol–water partition coefficient (Wildman–Crippen LogP) is 6.54. The molecular weight excluding hydrogens is 439 g/mol. The minimum absolute atomic E-state index is 0.114. The van der Waals surface area contributed by atoms with Gasteiger partial charge in [-0.3, -0.25) is 4.79 Å². The highest BCUT2D eigenvalue weighted by Crippen LogP contribution is 2.56. The van der Waals surface area contributed by atoms with E-state index in [1.54, 1.807) is 6.07 Å². The van der Waals surface area contributed by atoms with Crippen molar-refractivity contribution in [1.29, 1.82) is 0 Å². The summed E-state index contributed by atoms with van der Waals surface area (Å²) in [7, 11) is 0. The van der Waals surface area contributed by atoms with Crippen LogP contribution in [0.25, 0.3) is 6.08 Å². The highest BCUT2D eigenvalue weighted by molar-refractivity contribution is 6.35. The summed E-state index contributed by atoms with van der Waals surface area (Å²) < 4.78 is 0. The fraction of sp³-hybridized carbons (Fsp3) is 0.222. The van der Waals surface area contributed by atoms with Crippen molar-refractivity contribution in [2.24, 2.45) is 0 Å². The average molecular weight is 463 g/mol. The van der Waals surface area contributed by atoms with Crippen molar-refractivity contribution in [1.82, 2.24) is 4.90 Å². The van der Waals surface area contributed by atoms with Gasteiger partial charge in [0, 0.05) is 27.7 Å². The molecule has 0 saturated carbocycles. The number of hydrogen-bond acceptors (Lipinski definition) is 2. The summed E-state index contributed by atoms with van der Waals surface area (Å²) in [4.78, 5) is 17.7. The average Bonchev–Trinajstić information content (AvgIpc) is 3.16. The summed E-state index contributed by atoms with van der Waals surface area (Å²) in [5.74, 6) is 0.114. The van der Waals surface area contributed by atoms with Crippen molar-refractivity contribution >= 4 is 40.9 Å². The lowest BCUT2D eigenvalue weighted by atomic mass is 9.74. The van der Waals surface area contributed by atoms with Gasteiger partial charge in [-0.25, -0.2) is 0 Å². The Morgan fingerprint density at radius 2 is 1.69 bits per heavy atom. The number of fused-ring (bicyclic) bond motifs is 3. The maximum absolute atomic E-state index is 13.4. The Morgan fingerprint density at radius 1 is 0.969 bits per heavy atom. The zero-order valence-electron chi connectivity index (χ0n) is 18.1. The number of carbonyl (C=O) groups is 1. The van der Waals surface area contributed by atoms with E-state index in [-0.39, 0.29) is 11.3 Å². The van der Waals surface area contributed by atoms with Gasteiger partial charge in [-0.15, -0.1) is 0 Å². The molecule has 0 radical (unpaired) electrons. The van der Waals surface area contributed by atoms with Crippen molar-refractivity contribution in [3.8, 4) is 0 Å². The summed E-state index contributed by atoms with van der Waals surface area (Å²) in [6.45, 7) is 5.31. The van der Waals surface area contributed by atoms with Crippen molar-refractivity contribution in [2.45, 2.75) is 31.5 Å². The molecular formula is C27H24Cl2N2O. The second-order valence-electron chi connectivity index (χ2n) is 8.92. The van der Waals surface area contributed by atoms with Crippen LogP contribution in [-0.4, -0.2) is 23.0 Å². The summed E-state index contributed by atoms with van der Waals surface area (Å²) in [5.41, 5.74) is 3.31. The standard InChI is InChI=1S/C27H24Cl2N2O/c1-26(2)22-10-6-7-11-24(22)30-18-25(32)31(17-19-8-4-3-5-9-19)27(26,30)15-14-20-12-13-21(28)16-23(20)29/h3-16H,17-18H2,1-2H3. The molecule has 0 aliphatic carbocycles. The molecule has 0 spiro atoms. The molecule has 0 aromatic heterocycles. The lowest BCUT2D eigenvalue weighted by molar-refractivity contribution is -0.131. The van der Waals surface area contributed by atoms with E-state index in [0.717, 1.165) is 16.8 Å². The Labute approximate surface area is 198 Å². The molecule has 1 fully saturated rings. The first kappa shape index (κ1) is 21.1. The van der Waals surface area contributed by atoms with E-state index < -0.39 is 5.66 Å². The first-order chi connectivity index (χ1) is 15.3. The monoisotopic (exact) mass is 462 g/mol. The van der Waals surface area contributed by atoms with Gasteiger partial charge in [0.15, 0.2) is 0 Å². The number of amides is 1. The van der Waals surface area contributed by atoms with Gasteiger partial charge in [0.05, 0.1) is 6.54 Å². The van der Waals surface area contributed by atoms with Crippen LogP contribution in [0.2, 0.25) is 10.0 Å². The van der Waals surface area contributed by atoms with Gasteiger partial charge in [-0.1, -0.05) is 97.7 Å². The molecule has 5 heteroatoms. The van der Waals surface area contributed by atoms with Crippen molar-refractivity contribution < 1.29 is 4.79 Å². The number of anilines is 1. The Hall–Kier alpha value is -2.75. The minimum Gasteiger partial charge on any atom is -0.335 e. The summed E-state index contributed by atoms with van der Waals surface area (Å²) in [5, 5.41) is 1.19. The zero-order valence-corrected chi connectivity index (χ0v) is 19.6. The van der Waals surface area contributed by atoms with Gasteiger partial charge >= 0.3 is 0 Å². The van der Waals surface area contributed by atoms with E-state index >= 15 is 0 Å². The highest BCUT2D eigenvalue weighted by Gasteiger charge is 2.63. The van der Waals surface area contributed by atoms with Crippen LogP contribution in [0.5, 0.6) is 0 Å². The molecule has 32 heavy (non-hydrogen) atoms. The third-order valence-electron chi connectivity index (χ3n) is 6.85. The maximum Gasteiger partial charge on any atom is 0.244 e. The van der Waals surface area contributed by atoms with Gasteiger partial charge in [0.25, 0.3) is 0 Å². The molecule has 162 valence electrons. The largest absolute Gasteiger partial charge is 0.335 e. The molecule has 5 rings (SSSR count). The molecule has 3 aromatic carbocycles. The first-order valence-electron chi connectivity index (χ1n) is 10.7. The van der Waals surface area contributed by atoms with E-state index in [2.05, 4.69) is 55.2 Å². The topological polar surface area (TPSA) is 23.6 Å². The fourth-order valence-corrected chi connectivity index (χ4v) is 5.73. The molecule has 2 aliphatic rings. The second kappa shape index (κ2) is 7.68. The molecule has 3 nitrogen and oxygen atoms in total. The van der Waals surface area contributed by atoms with E-state index in [4.69, 9.17) is 23.2 Å². The van der Waals surface area contributed by atoms with Crippen LogP contribution in [0, 0.1) is 0 Å². The van der Waals surface area contributed by atoms with Crippen LogP contribution < -0.4 is 4.90 Å². The third-order valence-corrected chi connectivity index (χ3v) is 7.41. The van der Waals surface area contributed by atoms with Gasteiger partial charge < -0.3 is 9.80 Å². The molecule has 1 atom stereocenters. The zero-order chi connectivity index (χ0) is 22.5. The number of rotatable bonds is 4. The van der Waals surface area contributed by atoms with Crippen molar-refractivity contribution in [3.05, 3.63) is 106 Å². The number of nitrogens with zero attached hydrogens (tertiary/aromatic N) is 2. The van der Waals surface area contributed by atoms with Crippen LogP contribution in [0.15, 0.2) is 78.9 Å². The van der Waals surface area contributed by atoms with Crippen LogP contribution in [-0.2, 0) is 16.8 Å². The molecule has 2 heterocycles. The third kappa shape index (κ3) is 3.07. The SMILES string of the molecule is CC1(C)c2ccccc2N2CC(=O)N(Cc3ccccc3)C21C=Cc1ccc(Cl)cc1Cl. The molecule has 0 bridgehead atoms. The number of carbonyl (C=O) groups excluding carboxylic acids is 1. The van der Waals surface area contributed by atoms with Crippen LogP contribution in [0.1, 0.15) is 30.5 Å². The van der Waals surface area contributed by atoms with Crippen LogP contribution >= 0.6 is 23.2 Å². The van der Waals surface area contributed by atoms with E-state index in [0.29, 0.717) is 23.1 Å². The number of benzene rings is 3. The Morgan fingerprint density at radius 3 is 2.44 bits per heavy atom. The Balaban J connectivity index is 1.68. The molecule has 1 saturated heterocycles. The van der Waals surface area contributed by atoms with Gasteiger partial charge in [0.2, 0.25) is 5.91 Å². The maximum atomic E-state index is 13.4. The van der Waals surface area contributed by atoms with E-state index in [1.807, 2.05) is 47.4 Å². The first-order valence-corrected chi connectivity index (χ1v) is 11.5. The predicted molar refractivity (Wildman–Crippen MR) is 132 cm³/mol. The summed E-state index contributed by atoms with van der Waals surface area (Å²) >= 11 is 12.6. The van der Waals surface area contributed by atoms with E-state index in [1.165, 1.54) is 5.56 Å².